The average Bonchev–Trinajstić information content (AvgIpc) is 2.87. The minimum Gasteiger partial charge on any atom is -0.487 e. The van der Waals surface area contributed by atoms with Crippen LogP contribution in [0.1, 0.15) is 5.69 Å². The lowest BCUT2D eigenvalue weighted by Crippen LogP contribution is -2.09. The van der Waals surface area contributed by atoms with E-state index in [0.717, 1.165) is 22.3 Å². The summed E-state index contributed by atoms with van der Waals surface area (Å²) >= 11 is 0. The zero-order valence-electron chi connectivity index (χ0n) is 20.0. The Morgan fingerprint density at radius 3 is 2.09 bits per heavy atom. The Morgan fingerprint density at radius 1 is 0.743 bits per heavy atom. The highest BCUT2D eigenvalue weighted by Crippen LogP contribution is 2.35. The smallest absolute Gasteiger partial charge is 0.163 e. The maximum Gasteiger partial charge on any atom is 0.163 e. The first kappa shape index (κ1) is 24.2. The molecule has 0 aliphatic carbocycles. The summed E-state index contributed by atoms with van der Waals surface area (Å²) < 4.78 is 27.8. The summed E-state index contributed by atoms with van der Waals surface area (Å²) in [6.45, 7) is 3.64. The monoisotopic (exact) mass is 476 g/mol. The first-order chi connectivity index (χ1) is 17.2. The molecule has 182 valence electrons. The number of anilines is 2. The molecule has 0 aliphatic heterocycles. The number of rotatable bonds is 12. The molecular weight excluding hydrogens is 448 g/mol. The van der Waals surface area contributed by atoms with E-state index < -0.39 is 0 Å². The van der Waals surface area contributed by atoms with Gasteiger partial charge in [0.2, 0.25) is 0 Å². The van der Waals surface area contributed by atoms with Crippen molar-refractivity contribution in [3.63, 3.8) is 0 Å². The van der Waals surface area contributed by atoms with Crippen molar-refractivity contribution in [1.82, 2.24) is 15.0 Å². The third-order valence-corrected chi connectivity index (χ3v) is 5.03. The molecule has 0 fully saturated rings. The molecule has 0 spiro atoms. The van der Waals surface area contributed by atoms with Gasteiger partial charge in [-0.2, -0.15) is 0 Å². The molecule has 0 bridgehead atoms. The number of aryl methyl sites for hydroxylation is 1. The van der Waals surface area contributed by atoms with Crippen molar-refractivity contribution in [2.45, 2.75) is 6.92 Å². The van der Waals surface area contributed by atoms with Crippen LogP contribution in [0.5, 0.6) is 23.0 Å². The Bertz CT molecular complexity index is 1230. The molecule has 2 aromatic heterocycles. The number of ether oxygens (including phenoxy) is 5. The molecule has 4 rings (SSSR count). The second-order valence-corrected chi connectivity index (χ2v) is 7.61. The van der Waals surface area contributed by atoms with Crippen molar-refractivity contribution in [2.24, 2.45) is 0 Å². The van der Waals surface area contributed by atoms with E-state index in [9.17, 15) is 0 Å². The number of hydrogen-bond donors (Lipinski definition) is 1. The van der Waals surface area contributed by atoms with E-state index in [0.29, 0.717) is 55.2 Å². The number of methoxy groups -OCH3 is 2. The zero-order valence-corrected chi connectivity index (χ0v) is 20.0. The van der Waals surface area contributed by atoms with Crippen LogP contribution in [0, 0.1) is 6.92 Å². The van der Waals surface area contributed by atoms with Gasteiger partial charge in [0.05, 0.1) is 24.9 Å². The maximum absolute atomic E-state index is 5.91. The maximum atomic E-state index is 5.91. The van der Waals surface area contributed by atoms with E-state index >= 15 is 0 Å². The summed E-state index contributed by atoms with van der Waals surface area (Å²) in [5, 5.41) is 4.15. The fourth-order valence-corrected chi connectivity index (χ4v) is 3.25. The summed E-state index contributed by atoms with van der Waals surface area (Å²) in [6.07, 6.45) is 3.21. The minimum atomic E-state index is 0.386. The van der Waals surface area contributed by atoms with Crippen LogP contribution in [0.4, 0.5) is 11.5 Å². The molecule has 0 saturated heterocycles. The second kappa shape index (κ2) is 12.0. The van der Waals surface area contributed by atoms with Crippen molar-refractivity contribution in [2.75, 3.05) is 46.0 Å². The lowest BCUT2D eigenvalue weighted by Gasteiger charge is -2.15. The van der Waals surface area contributed by atoms with Crippen LogP contribution in [-0.4, -0.2) is 55.6 Å². The number of benzene rings is 2. The first-order valence-corrected chi connectivity index (χ1v) is 11.2. The van der Waals surface area contributed by atoms with Crippen LogP contribution in [0.15, 0.2) is 61.1 Å². The molecule has 1 N–H and O–H groups in total. The van der Waals surface area contributed by atoms with Crippen molar-refractivity contribution < 1.29 is 23.7 Å². The van der Waals surface area contributed by atoms with Gasteiger partial charge in [-0.05, 0) is 49.4 Å². The van der Waals surface area contributed by atoms with Gasteiger partial charge in [-0.3, -0.25) is 4.98 Å². The number of nitrogens with one attached hydrogen (secondary N) is 1. The highest BCUT2D eigenvalue weighted by Gasteiger charge is 2.13. The molecular formula is C26H28N4O5. The molecule has 0 amide bonds. The summed E-state index contributed by atoms with van der Waals surface area (Å²) in [6, 6.07) is 15.1. The molecule has 35 heavy (non-hydrogen) atoms. The van der Waals surface area contributed by atoms with Crippen LogP contribution >= 0.6 is 0 Å². The molecule has 0 saturated carbocycles. The van der Waals surface area contributed by atoms with Gasteiger partial charge >= 0.3 is 0 Å². The molecule has 0 atom stereocenters. The Morgan fingerprint density at radius 2 is 1.43 bits per heavy atom. The van der Waals surface area contributed by atoms with Gasteiger partial charge in [0.1, 0.15) is 36.9 Å². The Hall–Kier alpha value is -3.95. The average molecular weight is 477 g/mol. The summed E-state index contributed by atoms with van der Waals surface area (Å²) in [7, 11) is 3.26. The molecule has 9 nitrogen and oxygen atoms in total. The third-order valence-electron chi connectivity index (χ3n) is 5.03. The topological polar surface area (TPSA) is 96.9 Å². The lowest BCUT2D eigenvalue weighted by molar-refractivity contribution is 0.132. The molecule has 9 heteroatoms. The number of fused-ring (bicyclic) bond motifs is 1. The SMILES string of the molecule is COCCOc1cc2ncnc(Nc3ccc(Oc4ccc(C)nc4)cc3)c2cc1OCCOC. The predicted octanol–water partition coefficient (Wildman–Crippen LogP) is 4.92. The van der Waals surface area contributed by atoms with Crippen LogP contribution in [0.25, 0.3) is 10.9 Å². The Kier molecular flexibility index (Phi) is 8.26. The largest absolute Gasteiger partial charge is 0.487 e. The van der Waals surface area contributed by atoms with Crippen LogP contribution in [0.3, 0.4) is 0 Å². The number of aromatic nitrogens is 3. The first-order valence-electron chi connectivity index (χ1n) is 11.2. The van der Waals surface area contributed by atoms with Gasteiger partial charge in [0, 0.05) is 37.1 Å². The van der Waals surface area contributed by atoms with E-state index in [-0.39, 0.29) is 0 Å². The van der Waals surface area contributed by atoms with Gasteiger partial charge in [-0.25, -0.2) is 9.97 Å². The van der Waals surface area contributed by atoms with Crippen molar-refractivity contribution in [3.8, 4) is 23.0 Å². The fourth-order valence-electron chi connectivity index (χ4n) is 3.25. The normalized spacial score (nSPS) is 10.8. The van der Waals surface area contributed by atoms with E-state index in [4.69, 9.17) is 23.7 Å². The van der Waals surface area contributed by atoms with Crippen molar-refractivity contribution >= 4 is 22.4 Å². The number of hydrogen-bond acceptors (Lipinski definition) is 9. The standard InChI is InChI=1S/C26H28N4O5/c1-18-4-7-21(16-27-18)35-20-8-5-19(6-9-20)30-26-22-14-24(33-12-10-31-2)25(34-13-11-32-3)15-23(22)28-17-29-26/h4-9,14-17H,10-13H2,1-3H3,(H,28,29,30). The van der Waals surface area contributed by atoms with Gasteiger partial charge in [-0.1, -0.05) is 0 Å². The molecule has 0 aliphatic rings. The van der Waals surface area contributed by atoms with E-state index in [2.05, 4.69) is 20.3 Å². The number of nitrogens with zero attached hydrogens (tertiary/aromatic N) is 3. The third kappa shape index (κ3) is 6.56. The Balaban J connectivity index is 1.54. The molecule has 0 radical (unpaired) electrons. The molecule has 2 heterocycles. The van der Waals surface area contributed by atoms with E-state index in [1.807, 2.05) is 55.5 Å². The number of pyridine rings is 1. The fraction of sp³-hybridized carbons (Fsp3) is 0.269. The van der Waals surface area contributed by atoms with Crippen LogP contribution in [-0.2, 0) is 9.47 Å². The van der Waals surface area contributed by atoms with Crippen molar-refractivity contribution in [3.05, 3.63) is 66.7 Å². The van der Waals surface area contributed by atoms with Crippen LogP contribution in [0.2, 0.25) is 0 Å². The summed E-state index contributed by atoms with van der Waals surface area (Å²) in [5.74, 6) is 3.20. The van der Waals surface area contributed by atoms with Gasteiger partial charge in [0.25, 0.3) is 0 Å². The summed E-state index contributed by atoms with van der Waals surface area (Å²) in [5.41, 5.74) is 2.51. The van der Waals surface area contributed by atoms with E-state index in [1.165, 1.54) is 6.33 Å². The quantitative estimate of drug-likeness (QED) is 0.286. The van der Waals surface area contributed by atoms with Crippen LogP contribution < -0.4 is 19.5 Å². The van der Waals surface area contributed by atoms with E-state index in [1.54, 1.807) is 20.4 Å². The molecule has 4 aromatic rings. The zero-order chi connectivity index (χ0) is 24.5. The van der Waals surface area contributed by atoms with Gasteiger partial charge in [0.15, 0.2) is 11.5 Å². The molecule has 2 aromatic carbocycles. The summed E-state index contributed by atoms with van der Waals surface area (Å²) in [4.78, 5) is 13.1. The highest BCUT2D eigenvalue weighted by molar-refractivity contribution is 5.93. The minimum absolute atomic E-state index is 0.386. The second-order valence-electron chi connectivity index (χ2n) is 7.61. The highest BCUT2D eigenvalue weighted by atomic mass is 16.5. The Labute approximate surface area is 204 Å². The van der Waals surface area contributed by atoms with Crippen molar-refractivity contribution in [1.29, 1.82) is 0 Å². The van der Waals surface area contributed by atoms with Gasteiger partial charge < -0.3 is 29.0 Å². The predicted molar refractivity (Wildman–Crippen MR) is 133 cm³/mol. The van der Waals surface area contributed by atoms with Gasteiger partial charge in [-0.15, -0.1) is 0 Å². The lowest BCUT2D eigenvalue weighted by atomic mass is 10.2. The molecule has 0 unspecified atom stereocenters.